The summed E-state index contributed by atoms with van der Waals surface area (Å²) in [5.41, 5.74) is 6.17. The third kappa shape index (κ3) is 3.43. The highest BCUT2D eigenvalue weighted by molar-refractivity contribution is 7.80. The van der Waals surface area contributed by atoms with Crippen LogP contribution in [0.1, 0.15) is 32.1 Å². The molecule has 2 N–H and O–H groups in total. The maximum Gasteiger partial charge on any atom is 0.0733 e. The zero-order valence-electron chi connectivity index (χ0n) is 11.2. The number of thiocarbonyl (C=S) groups is 1. The van der Waals surface area contributed by atoms with Crippen molar-refractivity contribution >= 4 is 17.2 Å². The van der Waals surface area contributed by atoms with E-state index in [1.807, 2.05) is 0 Å². The van der Waals surface area contributed by atoms with Crippen LogP contribution in [0.3, 0.4) is 0 Å². The Morgan fingerprint density at radius 1 is 1.11 bits per heavy atom. The van der Waals surface area contributed by atoms with Crippen molar-refractivity contribution in [2.75, 3.05) is 39.3 Å². The molecule has 0 unspecified atom stereocenters. The number of hydrogen-bond donors (Lipinski definition) is 1. The second-order valence-electron chi connectivity index (χ2n) is 6.66. The van der Waals surface area contributed by atoms with Crippen LogP contribution in [0.25, 0.3) is 0 Å². The minimum atomic E-state index is 0.463. The molecule has 0 spiro atoms. The second-order valence-corrected chi connectivity index (χ2v) is 7.19. The summed E-state index contributed by atoms with van der Waals surface area (Å²) in [7, 11) is 0. The van der Waals surface area contributed by atoms with Gasteiger partial charge in [0.05, 0.1) is 4.99 Å². The summed E-state index contributed by atoms with van der Waals surface area (Å²) in [5, 5.41) is 0. The molecule has 1 saturated heterocycles. The molecule has 0 atom stereocenters. The summed E-state index contributed by atoms with van der Waals surface area (Å²) < 4.78 is 0. The molecular weight excluding hydrogens is 242 g/mol. The lowest BCUT2D eigenvalue weighted by Crippen LogP contribution is -2.48. The summed E-state index contributed by atoms with van der Waals surface area (Å²) in [4.78, 5) is 6.00. The second kappa shape index (κ2) is 5.06. The average molecular weight is 267 g/mol. The average Bonchev–Trinajstić information content (AvgIpc) is 3.20. The van der Waals surface area contributed by atoms with Crippen LogP contribution in [-0.2, 0) is 0 Å². The van der Waals surface area contributed by atoms with E-state index in [1.54, 1.807) is 0 Å². The molecule has 3 aliphatic rings. The van der Waals surface area contributed by atoms with Gasteiger partial charge in [-0.05, 0) is 37.0 Å². The van der Waals surface area contributed by atoms with Crippen LogP contribution in [0.5, 0.6) is 0 Å². The van der Waals surface area contributed by atoms with Gasteiger partial charge in [-0.1, -0.05) is 12.2 Å². The van der Waals surface area contributed by atoms with Gasteiger partial charge in [-0.25, -0.2) is 0 Å². The molecule has 3 fully saturated rings. The van der Waals surface area contributed by atoms with Crippen molar-refractivity contribution in [2.45, 2.75) is 32.1 Å². The normalized spacial score (nSPS) is 28.2. The van der Waals surface area contributed by atoms with Crippen molar-refractivity contribution < 1.29 is 0 Å². The zero-order chi connectivity index (χ0) is 12.6. The molecule has 2 saturated carbocycles. The topological polar surface area (TPSA) is 32.5 Å². The van der Waals surface area contributed by atoms with Gasteiger partial charge in [-0.3, -0.25) is 0 Å². The lowest BCUT2D eigenvalue weighted by molar-refractivity contribution is 0.111. The van der Waals surface area contributed by atoms with Gasteiger partial charge in [-0.2, -0.15) is 0 Å². The van der Waals surface area contributed by atoms with E-state index in [0.717, 1.165) is 12.3 Å². The van der Waals surface area contributed by atoms with Gasteiger partial charge in [0.15, 0.2) is 0 Å². The Bertz CT molecular complexity index is 315. The molecule has 0 bridgehead atoms. The lowest BCUT2D eigenvalue weighted by atomic mass is 10.0. The molecule has 1 aliphatic heterocycles. The van der Waals surface area contributed by atoms with Crippen molar-refractivity contribution in [3.63, 3.8) is 0 Å². The third-order valence-corrected chi connectivity index (χ3v) is 4.89. The predicted molar refractivity (Wildman–Crippen MR) is 78.7 cm³/mol. The van der Waals surface area contributed by atoms with Gasteiger partial charge in [0, 0.05) is 45.7 Å². The third-order valence-electron chi connectivity index (χ3n) is 4.74. The fraction of sp³-hybridized carbons (Fsp3) is 0.929. The summed E-state index contributed by atoms with van der Waals surface area (Å²) in [6.45, 7) is 7.59. The number of piperazine rings is 1. The van der Waals surface area contributed by atoms with Gasteiger partial charge in [-0.15, -0.1) is 0 Å². The van der Waals surface area contributed by atoms with Crippen LogP contribution >= 0.6 is 12.2 Å². The van der Waals surface area contributed by atoms with Crippen molar-refractivity contribution in [3.05, 3.63) is 0 Å². The van der Waals surface area contributed by atoms with E-state index in [-0.39, 0.29) is 0 Å². The first-order valence-corrected chi connectivity index (χ1v) is 7.79. The fourth-order valence-electron chi connectivity index (χ4n) is 3.21. The molecule has 2 aliphatic carbocycles. The molecule has 4 heteroatoms. The highest BCUT2D eigenvalue weighted by atomic mass is 32.1. The van der Waals surface area contributed by atoms with E-state index in [4.69, 9.17) is 18.0 Å². The van der Waals surface area contributed by atoms with Crippen LogP contribution in [0.15, 0.2) is 0 Å². The molecule has 1 heterocycles. The number of rotatable bonds is 6. The molecule has 0 aromatic heterocycles. The Morgan fingerprint density at radius 3 is 2.22 bits per heavy atom. The van der Waals surface area contributed by atoms with E-state index < -0.39 is 0 Å². The van der Waals surface area contributed by atoms with E-state index in [2.05, 4.69) is 9.80 Å². The molecular formula is C14H25N3S. The Balaban J connectivity index is 1.41. The smallest absolute Gasteiger partial charge is 0.0733 e. The summed E-state index contributed by atoms with van der Waals surface area (Å²) in [6.07, 6.45) is 6.55. The van der Waals surface area contributed by atoms with Gasteiger partial charge in [0.2, 0.25) is 0 Å². The highest BCUT2D eigenvalue weighted by Crippen LogP contribution is 2.49. The van der Waals surface area contributed by atoms with E-state index in [1.165, 1.54) is 65.0 Å². The minimum absolute atomic E-state index is 0.463. The van der Waals surface area contributed by atoms with Gasteiger partial charge in [0.1, 0.15) is 0 Å². The van der Waals surface area contributed by atoms with Crippen molar-refractivity contribution in [1.29, 1.82) is 0 Å². The summed E-state index contributed by atoms with van der Waals surface area (Å²) in [6, 6.07) is 0. The maximum absolute atomic E-state index is 5.71. The van der Waals surface area contributed by atoms with Crippen LogP contribution in [-0.4, -0.2) is 54.1 Å². The standard InChI is InChI=1S/C14H25N3S/c15-13(18)9-14(3-4-14)11-17-7-5-16(6-8-17)10-12-1-2-12/h12H,1-11H2,(H2,15,18). The molecule has 0 aromatic rings. The van der Waals surface area contributed by atoms with Crippen LogP contribution in [0.2, 0.25) is 0 Å². The first-order valence-electron chi connectivity index (χ1n) is 7.38. The largest absolute Gasteiger partial charge is 0.393 e. The van der Waals surface area contributed by atoms with Crippen LogP contribution in [0.4, 0.5) is 0 Å². The lowest BCUT2D eigenvalue weighted by Gasteiger charge is -2.36. The van der Waals surface area contributed by atoms with E-state index >= 15 is 0 Å². The Labute approximate surface area is 116 Å². The van der Waals surface area contributed by atoms with Crippen LogP contribution < -0.4 is 5.73 Å². The Morgan fingerprint density at radius 2 is 1.72 bits per heavy atom. The summed E-state index contributed by atoms with van der Waals surface area (Å²) >= 11 is 5.08. The first kappa shape index (κ1) is 12.8. The zero-order valence-corrected chi connectivity index (χ0v) is 12.1. The molecule has 0 amide bonds. The van der Waals surface area contributed by atoms with Crippen molar-refractivity contribution in [2.24, 2.45) is 17.1 Å². The minimum Gasteiger partial charge on any atom is -0.393 e. The number of nitrogens with zero attached hydrogens (tertiary/aromatic N) is 2. The predicted octanol–water partition coefficient (Wildman–Crippen LogP) is 1.47. The Kier molecular flexibility index (Phi) is 3.61. The van der Waals surface area contributed by atoms with E-state index in [0.29, 0.717) is 10.4 Å². The summed E-state index contributed by atoms with van der Waals surface area (Å²) in [5.74, 6) is 1.03. The fourth-order valence-corrected chi connectivity index (χ4v) is 3.51. The molecule has 18 heavy (non-hydrogen) atoms. The van der Waals surface area contributed by atoms with Gasteiger partial charge < -0.3 is 15.5 Å². The van der Waals surface area contributed by atoms with Crippen molar-refractivity contribution in [3.8, 4) is 0 Å². The molecule has 0 aromatic carbocycles. The van der Waals surface area contributed by atoms with Gasteiger partial charge in [0.25, 0.3) is 0 Å². The Hall–Kier alpha value is -0.190. The molecule has 102 valence electrons. The monoisotopic (exact) mass is 267 g/mol. The maximum atomic E-state index is 5.71. The van der Waals surface area contributed by atoms with E-state index in [9.17, 15) is 0 Å². The SMILES string of the molecule is NC(=S)CC1(CN2CCN(CC3CC3)CC2)CC1. The quantitative estimate of drug-likeness (QED) is 0.739. The molecule has 0 radical (unpaired) electrons. The van der Waals surface area contributed by atoms with Gasteiger partial charge >= 0.3 is 0 Å². The van der Waals surface area contributed by atoms with Crippen LogP contribution in [0, 0.1) is 11.3 Å². The number of nitrogens with two attached hydrogens (primary N) is 1. The molecule has 3 rings (SSSR count). The molecule has 3 nitrogen and oxygen atoms in total. The van der Waals surface area contributed by atoms with Crippen molar-refractivity contribution in [1.82, 2.24) is 9.80 Å². The number of hydrogen-bond acceptors (Lipinski definition) is 3. The highest BCUT2D eigenvalue weighted by Gasteiger charge is 2.44. The first-order chi connectivity index (χ1) is 8.65.